The molecule has 0 fully saturated rings. The topological polar surface area (TPSA) is 51.0 Å². The highest BCUT2D eigenvalue weighted by Crippen LogP contribution is 2.23. The van der Waals surface area contributed by atoms with E-state index in [0.29, 0.717) is 17.9 Å². The van der Waals surface area contributed by atoms with E-state index in [0.717, 1.165) is 12.1 Å². The largest absolute Gasteiger partial charge is 0.343 e. The minimum Gasteiger partial charge on any atom is -0.343 e. The zero-order valence-corrected chi connectivity index (χ0v) is 13.1. The van der Waals surface area contributed by atoms with Gasteiger partial charge in [0.15, 0.2) is 17.5 Å². The van der Waals surface area contributed by atoms with Crippen LogP contribution < -0.4 is 5.32 Å². The molecule has 3 rings (SSSR count). The van der Waals surface area contributed by atoms with Crippen LogP contribution in [0.2, 0.25) is 0 Å². The SMILES string of the molecule is CC(CNC(c1ccc(F)c(F)c1)c1ncon1)c1ccccc1. The number of hydrogen-bond acceptors (Lipinski definition) is 4. The van der Waals surface area contributed by atoms with Crippen molar-refractivity contribution in [3.05, 3.63) is 83.5 Å². The van der Waals surface area contributed by atoms with Crippen LogP contribution in [0.25, 0.3) is 0 Å². The first-order chi connectivity index (χ1) is 11.6. The maximum Gasteiger partial charge on any atom is 0.213 e. The molecule has 124 valence electrons. The zero-order chi connectivity index (χ0) is 16.9. The second-order valence-corrected chi connectivity index (χ2v) is 5.62. The molecule has 2 aromatic carbocycles. The van der Waals surface area contributed by atoms with Crippen molar-refractivity contribution in [2.45, 2.75) is 18.9 Å². The van der Waals surface area contributed by atoms with E-state index in [2.05, 4.69) is 22.4 Å². The Morgan fingerprint density at radius 3 is 2.50 bits per heavy atom. The summed E-state index contributed by atoms with van der Waals surface area (Å²) in [6, 6.07) is 13.3. The summed E-state index contributed by atoms with van der Waals surface area (Å²) < 4.78 is 31.6. The fraction of sp³-hybridized carbons (Fsp3) is 0.222. The molecule has 0 aliphatic heterocycles. The molecule has 0 aliphatic rings. The molecular weight excluding hydrogens is 312 g/mol. The normalized spacial score (nSPS) is 13.6. The second-order valence-electron chi connectivity index (χ2n) is 5.62. The Morgan fingerprint density at radius 2 is 1.83 bits per heavy atom. The van der Waals surface area contributed by atoms with E-state index in [-0.39, 0.29) is 5.92 Å². The molecule has 4 nitrogen and oxygen atoms in total. The monoisotopic (exact) mass is 329 g/mol. The Kier molecular flexibility index (Phi) is 4.96. The van der Waals surface area contributed by atoms with Gasteiger partial charge in [0.2, 0.25) is 6.39 Å². The molecule has 1 N–H and O–H groups in total. The predicted octanol–water partition coefficient (Wildman–Crippen LogP) is 3.83. The van der Waals surface area contributed by atoms with Gasteiger partial charge >= 0.3 is 0 Å². The van der Waals surface area contributed by atoms with Gasteiger partial charge in [-0.25, -0.2) is 8.78 Å². The Bertz CT molecular complexity index is 778. The molecule has 0 saturated carbocycles. The van der Waals surface area contributed by atoms with Crippen molar-refractivity contribution < 1.29 is 13.3 Å². The highest BCUT2D eigenvalue weighted by atomic mass is 19.2. The summed E-state index contributed by atoms with van der Waals surface area (Å²) in [6.45, 7) is 2.70. The number of benzene rings is 2. The van der Waals surface area contributed by atoms with Crippen molar-refractivity contribution >= 4 is 0 Å². The highest BCUT2D eigenvalue weighted by Gasteiger charge is 2.21. The molecule has 0 spiro atoms. The standard InChI is InChI=1S/C18H17F2N3O/c1-12(13-5-3-2-4-6-13)10-21-17(18-22-11-24-23-18)14-7-8-15(19)16(20)9-14/h2-9,11-12,17,21H,10H2,1H3. The first-order valence-corrected chi connectivity index (χ1v) is 7.64. The van der Waals surface area contributed by atoms with E-state index >= 15 is 0 Å². The summed E-state index contributed by atoms with van der Waals surface area (Å²) in [5.41, 5.74) is 1.72. The van der Waals surface area contributed by atoms with Gasteiger partial charge in [-0.05, 0) is 29.2 Å². The van der Waals surface area contributed by atoms with E-state index in [4.69, 9.17) is 4.52 Å². The van der Waals surface area contributed by atoms with Crippen LogP contribution in [0, 0.1) is 11.6 Å². The predicted molar refractivity (Wildman–Crippen MR) is 85.4 cm³/mol. The quantitative estimate of drug-likeness (QED) is 0.747. The lowest BCUT2D eigenvalue weighted by molar-refractivity contribution is 0.400. The first kappa shape index (κ1) is 16.3. The summed E-state index contributed by atoms with van der Waals surface area (Å²) in [6.07, 6.45) is 1.21. The lowest BCUT2D eigenvalue weighted by Crippen LogP contribution is -2.27. The average Bonchev–Trinajstić information content (AvgIpc) is 3.13. The fourth-order valence-corrected chi connectivity index (χ4v) is 2.55. The zero-order valence-electron chi connectivity index (χ0n) is 13.1. The molecule has 0 saturated heterocycles. The second kappa shape index (κ2) is 7.31. The summed E-state index contributed by atoms with van der Waals surface area (Å²) in [5.74, 6) is -1.19. The molecule has 1 aromatic heterocycles. The molecule has 1 heterocycles. The third kappa shape index (κ3) is 3.65. The van der Waals surface area contributed by atoms with Crippen LogP contribution in [0.4, 0.5) is 8.78 Å². The maximum atomic E-state index is 13.6. The van der Waals surface area contributed by atoms with Crippen molar-refractivity contribution in [1.82, 2.24) is 15.5 Å². The lowest BCUT2D eigenvalue weighted by Gasteiger charge is -2.19. The Hall–Kier alpha value is -2.60. The van der Waals surface area contributed by atoms with Gasteiger partial charge in [0.1, 0.15) is 0 Å². The molecule has 2 atom stereocenters. The summed E-state index contributed by atoms with van der Waals surface area (Å²) >= 11 is 0. The van der Waals surface area contributed by atoms with Gasteiger partial charge < -0.3 is 9.84 Å². The van der Waals surface area contributed by atoms with Gasteiger partial charge in [-0.3, -0.25) is 0 Å². The van der Waals surface area contributed by atoms with E-state index in [1.54, 1.807) is 0 Å². The molecule has 2 unspecified atom stereocenters. The molecule has 6 heteroatoms. The molecule has 24 heavy (non-hydrogen) atoms. The van der Waals surface area contributed by atoms with E-state index in [9.17, 15) is 8.78 Å². The Labute approximate surface area is 138 Å². The van der Waals surface area contributed by atoms with E-state index < -0.39 is 17.7 Å². The molecule has 0 amide bonds. The maximum absolute atomic E-state index is 13.6. The number of nitrogens with one attached hydrogen (secondary N) is 1. The Morgan fingerprint density at radius 1 is 1.04 bits per heavy atom. The van der Waals surface area contributed by atoms with Gasteiger partial charge in [-0.2, -0.15) is 4.98 Å². The molecule has 0 radical (unpaired) electrons. The molecule has 3 aromatic rings. The van der Waals surface area contributed by atoms with E-state index in [1.165, 1.54) is 18.0 Å². The van der Waals surface area contributed by atoms with E-state index in [1.807, 2.05) is 30.3 Å². The van der Waals surface area contributed by atoms with Gasteiger partial charge in [-0.1, -0.05) is 48.5 Å². The van der Waals surface area contributed by atoms with Gasteiger partial charge in [0, 0.05) is 6.54 Å². The Balaban J connectivity index is 1.80. The third-order valence-electron chi connectivity index (χ3n) is 3.91. The van der Waals surface area contributed by atoms with Gasteiger partial charge in [-0.15, -0.1) is 0 Å². The third-order valence-corrected chi connectivity index (χ3v) is 3.91. The van der Waals surface area contributed by atoms with Crippen LogP contribution in [0.3, 0.4) is 0 Å². The van der Waals surface area contributed by atoms with Crippen LogP contribution in [0.1, 0.15) is 35.8 Å². The fourth-order valence-electron chi connectivity index (χ4n) is 2.55. The highest BCUT2D eigenvalue weighted by molar-refractivity contribution is 5.26. The van der Waals surface area contributed by atoms with Crippen LogP contribution in [-0.4, -0.2) is 16.7 Å². The van der Waals surface area contributed by atoms with Crippen molar-refractivity contribution in [2.75, 3.05) is 6.54 Å². The van der Waals surface area contributed by atoms with Crippen molar-refractivity contribution in [3.8, 4) is 0 Å². The summed E-state index contributed by atoms with van der Waals surface area (Å²) in [7, 11) is 0. The van der Waals surface area contributed by atoms with Crippen LogP contribution in [0.15, 0.2) is 59.4 Å². The number of rotatable bonds is 6. The van der Waals surface area contributed by atoms with Gasteiger partial charge in [0.05, 0.1) is 6.04 Å². The summed E-state index contributed by atoms with van der Waals surface area (Å²) in [5, 5.41) is 7.14. The molecular formula is C18H17F2N3O. The first-order valence-electron chi connectivity index (χ1n) is 7.64. The molecule has 0 aliphatic carbocycles. The number of nitrogens with zero attached hydrogens (tertiary/aromatic N) is 2. The van der Waals surface area contributed by atoms with Crippen molar-refractivity contribution in [1.29, 1.82) is 0 Å². The lowest BCUT2D eigenvalue weighted by atomic mass is 9.99. The number of halogens is 2. The van der Waals surface area contributed by atoms with Crippen LogP contribution in [0.5, 0.6) is 0 Å². The number of aromatic nitrogens is 2. The molecule has 0 bridgehead atoms. The minimum atomic E-state index is -0.904. The summed E-state index contributed by atoms with van der Waals surface area (Å²) in [4.78, 5) is 4.04. The smallest absolute Gasteiger partial charge is 0.213 e. The van der Waals surface area contributed by atoms with Gasteiger partial charge in [0.25, 0.3) is 0 Å². The number of hydrogen-bond donors (Lipinski definition) is 1. The van der Waals surface area contributed by atoms with Crippen LogP contribution in [-0.2, 0) is 0 Å². The van der Waals surface area contributed by atoms with Crippen molar-refractivity contribution in [2.24, 2.45) is 0 Å². The minimum absolute atomic E-state index is 0.228. The average molecular weight is 329 g/mol. The van der Waals surface area contributed by atoms with Crippen molar-refractivity contribution in [3.63, 3.8) is 0 Å². The van der Waals surface area contributed by atoms with Crippen LogP contribution >= 0.6 is 0 Å².